The number of ether oxygens (including phenoxy) is 1. The predicted molar refractivity (Wildman–Crippen MR) is 114 cm³/mol. The van der Waals surface area contributed by atoms with E-state index in [9.17, 15) is 14.9 Å². The molecular formula is C21H21ClN4O5. The van der Waals surface area contributed by atoms with Gasteiger partial charge in [0.1, 0.15) is 5.75 Å². The minimum atomic E-state index is -0.483. The monoisotopic (exact) mass is 444 g/mol. The second-order valence-electron chi connectivity index (χ2n) is 6.99. The molecule has 0 spiro atoms. The summed E-state index contributed by atoms with van der Waals surface area (Å²) in [5, 5.41) is 15.4. The van der Waals surface area contributed by atoms with E-state index in [1.165, 1.54) is 12.1 Å². The molecule has 0 radical (unpaired) electrons. The molecule has 0 N–H and O–H groups in total. The highest BCUT2D eigenvalue weighted by Gasteiger charge is 2.19. The quantitative estimate of drug-likeness (QED) is 0.360. The van der Waals surface area contributed by atoms with Crippen LogP contribution >= 0.6 is 11.6 Å². The van der Waals surface area contributed by atoms with E-state index >= 15 is 0 Å². The zero-order valence-electron chi connectivity index (χ0n) is 17.0. The van der Waals surface area contributed by atoms with E-state index in [4.69, 9.17) is 20.9 Å². The maximum absolute atomic E-state index is 12.6. The van der Waals surface area contributed by atoms with Crippen LogP contribution in [0.3, 0.4) is 0 Å². The second-order valence-corrected chi connectivity index (χ2v) is 7.43. The molecule has 3 rings (SSSR count). The van der Waals surface area contributed by atoms with Crippen LogP contribution in [0.25, 0.3) is 11.4 Å². The van der Waals surface area contributed by atoms with Gasteiger partial charge in [0.05, 0.1) is 4.92 Å². The molecule has 0 fully saturated rings. The Balaban J connectivity index is 1.60. The van der Waals surface area contributed by atoms with Crippen LogP contribution in [0.15, 0.2) is 53.1 Å². The number of benzene rings is 2. The Kier molecular flexibility index (Phi) is 7.19. The van der Waals surface area contributed by atoms with Crippen molar-refractivity contribution in [3.05, 3.63) is 69.6 Å². The third-order valence-corrected chi connectivity index (χ3v) is 4.72. The van der Waals surface area contributed by atoms with Gasteiger partial charge in [-0.1, -0.05) is 28.9 Å². The van der Waals surface area contributed by atoms with E-state index in [-0.39, 0.29) is 30.1 Å². The highest BCUT2D eigenvalue weighted by molar-refractivity contribution is 6.30. The van der Waals surface area contributed by atoms with Crippen LogP contribution in [0.1, 0.15) is 19.7 Å². The van der Waals surface area contributed by atoms with Crippen LogP contribution in [0, 0.1) is 10.1 Å². The van der Waals surface area contributed by atoms with Crippen molar-refractivity contribution in [2.45, 2.75) is 26.3 Å². The van der Waals surface area contributed by atoms with Crippen molar-refractivity contribution >= 4 is 23.2 Å². The van der Waals surface area contributed by atoms with E-state index in [2.05, 4.69) is 10.1 Å². The van der Waals surface area contributed by atoms with E-state index in [0.717, 1.165) is 0 Å². The van der Waals surface area contributed by atoms with Gasteiger partial charge in [-0.15, -0.1) is 0 Å². The number of amides is 1. The summed E-state index contributed by atoms with van der Waals surface area (Å²) in [5.41, 5.74) is 0.429. The van der Waals surface area contributed by atoms with Gasteiger partial charge in [-0.25, -0.2) is 0 Å². The number of rotatable bonds is 9. The number of carbonyl (C=O) groups excluding carboxylic acids is 1. The third kappa shape index (κ3) is 6.02. The fourth-order valence-corrected chi connectivity index (χ4v) is 3.00. The lowest BCUT2D eigenvalue weighted by Crippen LogP contribution is -2.41. The van der Waals surface area contributed by atoms with Crippen LogP contribution in [0.2, 0.25) is 5.02 Å². The fourth-order valence-electron chi connectivity index (χ4n) is 2.88. The summed E-state index contributed by atoms with van der Waals surface area (Å²) in [4.78, 5) is 29.0. The van der Waals surface area contributed by atoms with Crippen molar-refractivity contribution in [3.8, 4) is 17.1 Å². The molecule has 0 aliphatic carbocycles. The number of aromatic nitrogens is 2. The SMILES string of the molecule is CC(C)N(CCc1nc(-c2cccc([N+](=O)[O-])c2)no1)C(=O)COc1ccc(Cl)cc1. The van der Waals surface area contributed by atoms with Gasteiger partial charge in [0, 0.05) is 41.7 Å². The molecule has 162 valence electrons. The molecule has 0 atom stereocenters. The number of nitro groups is 1. The Hall–Kier alpha value is -3.46. The molecule has 0 saturated heterocycles. The molecule has 10 heteroatoms. The fraction of sp³-hybridized carbons (Fsp3) is 0.286. The first kappa shape index (κ1) is 22.2. The standard InChI is InChI=1S/C21H21ClN4O5/c1-14(2)25(20(27)13-30-18-8-6-16(22)7-9-18)11-10-19-23-21(24-31-19)15-4-3-5-17(12-15)26(28)29/h3-9,12,14H,10-11,13H2,1-2H3. The van der Waals surface area contributed by atoms with Crippen LogP contribution < -0.4 is 4.74 Å². The molecule has 31 heavy (non-hydrogen) atoms. The average molecular weight is 445 g/mol. The Morgan fingerprint density at radius 3 is 2.68 bits per heavy atom. The van der Waals surface area contributed by atoms with Crippen LogP contribution in [0.4, 0.5) is 5.69 Å². The van der Waals surface area contributed by atoms with Crippen molar-refractivity contribution < 1.29 is 19.0 Å². The third-order valence-electron chi connectivity index (χ3n) is 4.47. The van der Waals surface area contributed by atoms with Crippen molar-refractivity contribution in [2.24, 2.45) is 0 Å². The lowest BCUT2D eigenvalue weighted by Gasteiger charge is -2.26. The lowest BCUT2D eigenvalue weighted by atomic mass is 10.2. The summed E-state index contributed by atoms with van der Waals surface area (Å²) in [6, 6.07) is 12.7. The topological polar surface area (TPSA) is 112 Å². The molecule has 2 aromatic carbocycles. The summed E-state index contributed by atoms with van der Waals surface area (Å²) in [5.74, 6) is 0.967. The summed E-state index contributed by atoms with van der Waals surface area (Å²) in [7, 11) is 0. The van der Waals surface area contributed by atoms with E-state index < -0.39 is 4.92 Å². The Morgan fingerprint density at radius 1 is 1.26 bits per heavy atom. The molecule has 0 bridgehead atoms. The number of nitrogens with zero attached hydrogens (tertiary/aromatic N) is 4. The van der Waals surface area contributed by atoms with E-state index in [1.807, 2.05) is 13.8 Å². The number of non-ortho nitro benzene ring substituents is 1. The molecule has 0 saturated carbocycles. The van der Waals surface area contributed by atoms with Gasteiger partial charge in [0.2, 0.25) is 11.7 Å². The molecule has 1 heterocycles. The molecule has 3 aromatic rings. The molecular weight excluding hydrogens is 424 g/mol. The highest BCUT2D eigenvalue weighted by atomic mass is 35.5. The van der Waals surface area contributed by atoms with Gasteiger partial charge in [-0.2, -0.15) is 4.98 Å². The largest absolute Gasteiger partial charge is 0.484 e. The van der Waals surface area contributed by atoms with Gasteiger partial charge in [-0.3, -0.25) is 14.9 Å². The zero-order chi connectivity index (χ0) is 22.4. The molecule has 0 aliphatic rings. The summed E-state index contributed by atoms with van der Waals surface area (Å²) >= 11 is 5.85. The number of hydrogen-bond donors (Lipinski definition) is 0. The van der Waals surface area contributed by atoms with E-state index in [1.54, 1.807) is 41.3 Å². The minimum Gasteiger partial charge on any atom is -0.484 e. The Bertz CT molecular complexity index is 1050. The van der Waals surface area contributed by atoms with Crippen LogP contribution in [0.5, 0.6) is 5.75 Å². The van der Waals surface area contributed by atoms with Gasteiger partial charge >= 0.3 is 0 Å². The molecule has 1 aromatic heterocycles. The highest BCUT2D eigenvalue weighted by Crippen LogP contribution is 2.21. The molecule has 0 aliphatic heterocycles. The Labute approximate surface area is 183 Å². The van der Waals surface area contributed by atoms with Gasteiger partial charge in [-0.05, 0) is 38.1 Å². The number of nitro benzene ring substituents is 1. The first-order valence-electron chi connectivity index (χ1n) is 9.58. The summed E-state index contributed by atoms with van der Waals surface area (Å²) in [6.45, 7) is 4.06. The van der Waals surface area contributed by atoms with Crippen LogP contribution in [-0.2, 0) is 11.2 Å². The predicted octanol–water partition coefficient (Wildman–Crippen LogP) is 4.16. The summed E-state index contributed by atoms with van der Waals surface area (Å²) in [6.07, 6.45) is 0.340. The summed E-state index contributed by atoms with van der Waals surface area (Å²) < 4.78 is 10.8. The second kappa shape index (κ2) is 10.0. The Morgan fingerprint density at radius 2 is 2.00 bits per heavy atom. The van der Waals surface area contributed by atoms with E-state index in [0.29, 0.717) is 35.2 Å². The van der Waals surface area contributed by atoms with Crippen molar-refractivity contribution in [3.63, 3.8) is 0 Å². The number of halogens is 1. The zero-order valence-corrected chi connectivity index (χ0v) is 17.8. The van der Waals surface area contributed by atoms with Crippen molar-refractivity contribution in [1.29, 1.82) is 0 Å². The van der Waals surface area contributed by atoms with Gasteiger partial charge in [0.15, 0.2) is 6.61 Å². The minimum absolute atomic E-state index is 0.0545. The smallest absolute Gasteiger partial charge is 0.270 e. The molecule has 9 nitrogen and oxygen atoms in total. The van der Waals surface area contributed by atoms with Gasteiger partial charge < -0.3 is 14.2 Å². The number of carbonyl (C=O) groups is 1. The van der Waals surface area contributed by atoms with Gasteiger partial charge in [0.25, 0.3) is 11.6 Å². The lowest BCUT2D eigenvalue weighted by molar-refractivity contribution is -0.384. The van der Waals surface area contributed by atoms with Crippen molar-refractivity contribution in [2.75, 3.05) is 13.2 Å². The maximum Gasteiger partial charge on any atom is 0.270 e. The average Bonchev–Trinajstić information content (AvgIpc) is 3.22. The van der Waals surface area contributed by atoms with Crippen LogP contribution in [-0.4, -0.2) is 45.1 Å². The molecule has 1 amide bonds. The maximum atomic E-state index is 12.6. The van der Waals surface area contributed by atoms with Crippen molar-refractivity contribution in [1.82, 2.24) is 15.0 Å². The first-order chi connectivity index (χ1) is 14.8. The number of hydrogen-bond acceptors (Lipinski definition) is 7. The first-order valence-corrected chi connectivity index (χ1v) is 9.96. The molecule has 0 unspecified atom stereocenters. The normalized spacial score (nSPS) is 10.8.